The van der Waals surface area contributed by atoms with Gasteiger partial charge in [-0.15, -0.1) is 0 Å². The Hall–Kier alpha value is -1.86. The summed E-state index contributed by atoms with van der Waals surface area (Å²) in [6, 6.07) is 10.6. The number of rotatable bonds is 7. The SMILES string of the molecule is COc1cc(OC(C(C)O)N2CCC(Oc3ccc(Cl)cc3)CC2)c(N)cc1Cl. The molecule has 0 aliphatic carbocycles. The van der Waals surface area contributed by atoms with Crippen molar-refractivity contribution in [3.05, 3.63) is 46.4 Å². The number of hydrogen-bond donors (Lipinski definition) is 2. The molecule has 8 heteroatoms. The molecule has 0 saturated carbocycles. The summed E-state index contributed by atoms with van der Waals surface area (Å²) in [5, 5.41) is 11.4. The molecule has 1 saturated heterocycles. The third-order valence-electron chi connectivity index (χ3n) is 4.90. The number of hydrogen-bond acceptors (Lipinski definition) is 6. The topological polar surface area (TPSA) is 77.2 Å². The van der Waals surface area contributed by atoms with Gasteiger partial charge in [0.25, 0.3) is 0 Å². The zero-order valence-corrected chi connectivity index (χ0v) is 18.0. The van der Waals surface area contributed by atoms with E-state index in [1.54, 1.807) is 19.1 Å². The molecule has 2 unspecified atom stereocenters. The monoisotopic (exact) mass is 440 g/mol. The number of piperidine rings is 1. The molecule has 6 nitrogen and oxygen atoms in total. The van der Waals surface area contributed by atoms with Crippen molar-refractivity contribution < 1.29 is 19.3 Å². The molecule has 158 valence electrons. The first-order valence-corrected chi connectivity index (χ1v) is 10.3. The number of methoxy groups -OCH3 is 1. The largest absolute Gasteiger partial charge is 0.495 e. The number of aliphatic hydroxyl groups is 1. The molecule has 1 heterocycles. The van der Waals surface area contributed by atoms with E-state index in [9.17, 15) is 5.11 Å². The van der Waals surface area contributed by atoms with Crippen molar-refractivity contribution in [2.24, 2.45) is 0 Å². The first-order chi connectivity index (χ1) is 13.9. The lowest BCUT2D eigenvalue weighted by molar-refractivity contribution is -0.0754. The van der Waals surface area contributed by atoms with E-state index in [-0.39, 0.29) is 6.10 Å². The minimum atomic E-state index is -0.718. The Balaban J connectivity index is 1.63. The van der Waals surface area contributed by atoms with Crippen LogP contribution in [0.25, 0.3) is 0 Å². The number of anilines is 1. The zero-order valence-electron chi connectivity index (χ0n) is 16.5. The van der Waals surface area contributed by atoms with Crippen LogP contribution in [0.3, 0.4) is 0 Å². The number of nitrogen functional groups attached to an aromatic ring is 1. The summed E-state index contributed by atoms with van der Waals surface area (Å²) in [6.45, 7) is 3.14. The average molecular weight is 441 g/mol. The maximum absolute atomic E-state index is 10.3. The second-order valence-electron chi connectivity index (χ2n) is 7.08. The lowest BCUT2D eigenvalue weighted by Crippen LogP contribution is -2.51. The van der Waals surface area contributed by atoms with Gasteiger partial charge in [-0.3, -0.25) is 4.90 Å². The molecule has 3 N–H and O–H groups in total. The fourth-order valence-electron chi connectivity index (χ4n) is 3.37. The summed E-state index contributed by atoms with van der Waals surface area (Å²) < 4.78 is 17.3. The number of likely N-dealkylation sites (tertiary alicyclic amines) is 1. The maximum atomic E-state index is 10.3. The zero-order chi connectivity index (χ0) is 21.0. The molecule has 2 atom stereocenters. The molecule has 0 amide bonds. The molecule has 2 aromatic carbocycles. The van der Waals surface area contributed by atoms with Gasteiger partial charge in [-0.05, 0) is 50.1 Å². The fraction of sp³-hybridized carbons (Fsp3) is 0.429. The average Bonchev–Trinajstić information content (AvgIpc) is 2.70. The number of benzene rings is 2. The van der Waals surface area contributed by atoms with E-state index in [4.69, 9.17) is 43.1 Å². The van der Waals surface area contributed by atoms with Gasteiger partial charge in [0.15, 0.2) is 6.23 Å². The van der Waals surface area contributed by atoms with Gasteiger partial charge in [-0.2, -0.15) is 0 Å². The normalized spacial score (nSPS) is 17.6. The first-order valence-electron chi connectivity index (χ1n) is 9.51. The van der Waals surface area contributed by atoms with Gasteiger partial charge < -0.3 is 25.1 Å². The highest BCUT2D eigenvalue weighted by molar-refractivity contribution is 6.32. The molecular formula is C21H26Cl2N2O4. The number of halogens is 2. The molecule has 3 rings (SSSR count). The van der Waals surface area contributed by atoms with Crippen LogP contribution in [0.2, 0.25) is 10.0 Å². The summed E-state index contributed by atoms with van der Waals surface area (Å²) in [4.78, 5) is 2.09. The van der Waals surface area contributed by atoms with E-state index in [1.165, 1.54) is 7.11 Å². The maximum Gasteiger partial charge on any atom is 0.178 e. The van der Waals surface area contributed by atoms with Gasteiger partial charge in [0.1, 0.15) is 29.5 Å². The quantitative estimate of drug-likeness (QED) is 0.627. The summed E-state index contributed by atoms with van der Waals surface area (Å²) in [7, 11) is 1.53. The van der Waals surface area contributed by atoms with Crippen LogP contribution in [0.15, 0.2) is 36.4 Å². The Labute approximate surface area is 181 Å². The van der Waals surface area contributed by atoms with Crippen LogP contribution in [0.5, 0.6) is 17.2 Å². The van der Waals surface area contributed by atoms with Crippen LogP contribution in [-0.2, 0) is 0 Å². The highest BCUT2D eigenvalue weighted by atomic mass is 35.5. The standard InChI is InChI=1S/C21H26Cl2N2O4/c1-13(26)21(29-20-12-19(27-2)17(23)11-18(20)24)25-9-7-16(8-10-25)28-15-5-3-14(22)4-6-15/h3-6,11-13,16,21,26H,7-10,24H2,1-2H3. The van der Waals surface area contributed by atoms with Crippen molar-refractivity contribution >= 4 is 28.9 Å². The molecule has 0 spiro atoms. The molecule has 0 radical (unpaired) electrons. The third-order valence-corrected chi connectivity index (χ3v) is 5.44. The minimum Gasteiger partial charge on any atom is -0.495 e. The fourth-order valence-corrected chi connectivity index (χ4v) is 3.75. The molecule has 0 bridgehead atoms. The van der Waals surface area contributed by atoms with Crippen LogP contribution in [0, 0.1) is 0 Å². The van der Waals surface area contributed by atoms with Crippen molar-refractivity contribution in [1.82, 2.24) is 4.90 Å². The van der Waals surface area contributed by atoms with Crippen LogP contribution in [-0.4, -0.2) is 48.6 Å². The van der Waals surface area contributed by atoms with Crippen molar-refractivity contribution in [2.75, 3.05) is 25.9 Å². The second kappa shape index (κ2) is 9.76. The lowest BCUT2D eigenvalue weighted by atomic mass is 10.1. The number of ether oxygens (including phenoxy) is 3. The number of nitrogens with zero attached hydrogens (tertiary/aromatic N) is 1. The number of nitrogens with two attached hydrogens (primary N) is 1. The highest BCUT2D eigenvalue weighted by Crippen LogP contribution is 2.35. The molecular weight excluding hydrogens is 415 g/mol. The molecule has 1 aliphatic heterocycles. The lowest BCUT2D eigenvalue weighted by Gasteiger charge is -2.38. The van der Waals surface area contributed by atoms with Gasteiger partial charge in [0.05, 0.1) is 17.8 Å². The Kier molecular flexibility index (Phi) is 7.35. The molecule has 29 heavy (non-hydrogen) atoms. The van der Waals surface area contributed by atoms with Gasteiger partial charge >= 0.3 is 0 Å². The van der Waals surface area contributed by atoms with E-state index in [1.807, 2.05) is 24.3 Å². The Morgan fingerprint density at radius 1 is 1.10 bits per heavy atom. The van der Waals surface area contributed by atoms with Crippen LogP contribution < -0.4 is 19.9 Å². The molecule has 1 fully saturated rings. The van der Waals surface area contributed by atoms with E-state index in [0.29, 0.717) is 27.2 Å². The van der Waals surface area contributed by atoms with Crippen molar-refractivity contribution in [3.8, 4) is 17.2 Å². The predicted molar refractivity (Wildman–Crippen MR) is 115 cm³/mol. The number of aliphatic hydroxyl groups excluding tert-OH is 1. The van der Waals surface area contributed by atoms with Gasteiger partial charge in [-0.1, -0.05) is 23.2 Å². The van der Waals surface area contributed by atoms with E-state index < -0.39 is 12.3 Å². The molecule has 1 aliphatic rings. The van der Waals surface area contributed by atoms with Crippen molar-refractivity contribution in [2.45, 2.75) is 38.2 Å². The first kappa shape index (κ1) is 21.8. The third kappa shape index (κ3) is 5.60. The van der Waals surface area contributed by atoms with E-state index in [0.717, 1.165) is 31.7 Å². The summed E-state index contributed by atoms with van der Waals surface area (Å²) >= 11 is 12.0. The Morgan fingerprint density at radius 2 is 1.76 bits per heavy atom. The summed E-state index contributed by atoms with van der Waals surface area (Å²) in [5.41, 5.74) is 6.44. The van der Waals surface area contributed by atoms with Crippen molar-refractivity contribution in [1.29, 1.82) is 0 Å². The van der Waals surface area contributed by atoms with Crippen molar-refractivity contribution in [3.63, 3.8) is 0 Å². The van der Waals surface area contributed by atoms with E-state index >= 15 is 0 Å². The van der Waals surface area contributed by atoms with Crippen LogP contribution >= 0.6 is 23.2 Å². The van der Waals surface area contributed by atoms with E-state index in [2.05, 4.69) is 4.90 Å². The van der Waals surface area contributed by atoms with Gasteiger partial charge in [0, 0.05) is 24.2 Å². The second-order valence-corrected chi connectivity index (χ2v) is 7.92. The highest BCUT2D eigenvalue weighted by Gasteiger charge is 2.31. The minimum absolute atomic E-state index is 0.0998. The molecule has 2 aromatic rings. The smallest absolute Gasteiger partial charge is 0.178 e. The Morgan fingerprint density at radius 3 is 2.34 bits per heavy atom. The summed E-state index contributed by atoms with van der Waals surface area (Å²) in [6.07, 6.45) is 0.468. The summed E-state index contributed by atoms with van der Waals surface area (Å²) in [5.74, 6) is 1.70. The van der Waals surface area contributed by atoms with Crippen LogP contribution in [0.1, 0.15) is 19.8 Å². The Bertz CT molecular complexity index is 809. The van der Waals surface area contributed by atoms with Crippen LogP contribution in [0.4, 0.5) is 5.69 Å². The van der Waals surface area contributed by atoms with Gasteiger partial charge in [0.2, 0.25) is 0 Å². The van der Waals surface area contributed by atoms with Gasteiger partial charge in [-0.25, -0.2) is 0 Å². The molecule has 0 aromatic heterocycles. The predicted octanol–water partition coefficient (Wildman–Crippen LogP) is 4.21.